The van der Waals surface area contributed by atoms with Crippen LogP contribution in [0.15, 0.2) is 48.5 Å². The van der Waals surface area contributed by atoms with Crippen molar-refractivity contribution in [3.63, 3.8) is 0 Å². The molecule has 3 atom stereocenters. The predicted octanol–water partition coefficient (Wildman–Crippen LogP) is 3.56. The second-order valence-corrected chi connectivity index (χ2v) is 8.63. The van der Waals surface area contributed by atoms with Crippen molar-refractivity contribution in [2.24, 2.45) is 0 Å². The van der Waals surface area contributed by atoms with Crippen molar-refractivity contribution >= 4 is 35.2 Å². The minimum Gasteiger partial charge on any atom is -0.480 e. The van der Waals surface area contributed by atoms with Gasteiger partial charge in [-0.2, -0.15) is 0 Å². The van der Waals surface area contributed by atoms with E-state index in [9.17, 15) is 14.7 Å². The van der Waals surface area contributed by atoms with Gasteiger partial charge in [0.05, 0.1) is 11.1 Å². The number of carbonyl (C=O) groups is 2. The van der Waals surface area contributed by atoms with E-state index >= 15 is 0 Å². The molecule has 1 amide bonds. The van der Waals surface area contributed by atoms with Crippen LogP contribution >= 0.6 is 23.4 Å². The summed E-state index contributed by atoms with van der Waals surface area (Å²) in [6.07, 6.45) is 0.657. The molecule has 0 aliphatic carbocycles. The summed E-state index contributed by atoms with van der Waals surface area (Å²) in [4.78, 5) is 26.4. The molecule has 8 heteroatoms. The van der Waals surface area contributed by atoms with Gasteiger partial charge in [0.25, 0.3) is 0 Å². The van der Waals surface area contributed by atoms with E-state index in [-0.39, 0.29) is 17.2 Å². The number of carbonyl (C=O) groups excluding carboxylic acids is 1. The lowest BCUT2D eigenvalue weighted by molar-refractivity contribution is -0.142. The molecule has 4 rings (SSSR count). The van der Waals surface area contributed by atoms with E-state index in [1.807, 2.05) is 36.4 Å². The summed E-state index contributed by atoms with van der Waals surface area (Å²) in [5.41, 5.74) is 0.883. The molecular formula is C21H21ClN2O4S. The van der Waals surface area contributed by atoms with Gasteiger partial charge in [0.2, 0.25) is 5.91 Å². The molecule has 29 heavy (non-hydrogen) atoms. The van der Waals surface area contributed by atoms with Gasteiger partial charge >= 0.3 is 5.97 Å². The van der Waals surface area contributed by atoms with Crippen LogP contribution in [0.4, 0.5) is 0 Å². The molecule has 2 saturated heterocycles. The fraction of sp³-hybridized carbons (Fsp3) is 0.333. The number of aliphatic carboxylic acids is 1. The quantitative estimate of drug-likeness (QED) is 0.752. The molecular weight excluding hydrogens is 412 g/mol. The van der Waals surface area contributed by atoms with E-state index in [4.69, 9.17) is 16.3 Å². The van der Waals surface area contributed by atoms with Gasteiger partial charge < -0.3 is 20.1 Å². The molecule has 0 saturated carbocycles. The zero-order valence-electron chi connectivity index (χ0n) is 15.6. The van der Waals surface area contributed by atoms with Gasteiger partial charge in [0, 0.05) is 12.3 Å². The van der Waals surface area contributed by atoms with Crippen molar-refractivity contribution in [2.75, 3.05) is 18.8 Å². The number of rotatable bonds is 5. The van der Waals surface area contributed by atoms with E-state index < -0.39 is 12.0 Å². The molecule has 6 nitrogen and oxygen atoms in total. The van der Waals surface area contributed by atoms with Crippen LogP contribution in [-0.2, 0) is 9.59 Å². The van der Waals surface area contributed by atoms with Crippen LogP contribution in [0.25, 0.3) is 0 Å². The number of carboxylic acids is 1. The smallest absolute Gasteiger partial charge is 0.322 e. The molecule has 2 heterocycles. The molecule has 2 aromatic rings. The Morgan fingerprint density at radius 3 is 2.69 bits per heavy atom. The van der Waals surface area contributed by atoms with E-state index in [2.05, 4.69) is 5.32 Å². The molecule has 0 bridgehead atoms. The second-order valence-electron chi connectivity index (χ2n) is 7.01. The maximum absolute atomic E-state index is 13.1. The molecule has 2 fully saturated rings. The molecule has 2 N–H and O–H groups in total. The van der Waals surface area contributed by atoms with Crippen LogP contribution in [0.2, 0.25) is 5.02 Å². The number of thioether (sulfide) groups is 1. The van der Waals surface area contributed by atoms with Crippen LogP contribution in [0.1, 0.15) is 17.2 Å². The monoisotopic (exact) mass is 432 g/mol. The zero-order valence-corrected chi connectivity index (χ0v) is 17.2. The lowest BCUT2D eigenvalue weighted by Gasteiger charge is -2.37. The molecule has 2 aromatic carbocycles. The Labute approximate surface area is 178 Å². The van der Waals surface area contributed by atoms with Crippen LogP contribution in [-0.4, -0.2) is 52.8 Å². The minimum atomic E-state index is -0.906. The standard InChI is InChI=1S/C21H21ClN2O4S/c22-15-3-1-2-4-17(15)28-14-7-5-13(6-8-14)19-20(25)24(11-12-29-19)16-9-10-23-18(16)21(26)27/h1-8,16,18-19,23H,9-12H2,(H,26,27)/t16?,18-,19?/m0/s1. The van der Waals surface area contributed by atoms with Crippen LogP contribution in [0.3, 0.4) is 0 Å². The van der Waals surface area contributed by atoms with Gasteiger partial charge in [0.15, 0.2) is 0 Å². The van der Waals surface area contributed by atoms with Crippen LogP contribution < -0.4 is 10.1 Å². The van der Waals surface area contributed by atoms with Crippen molar-refractivity contribution in [1.82, 2.24) is 10.2 Å². The first-order valence-electron chi connectivity index (χ1n) is 9.45. The van der Waals surface area contributed by atoms with Crippen molar-refractivity contribution in [3.8, 4) is 11.5 Å². The number of para-hydroxylation sites is 1. The number of hydrogen-bond acceptors (Lipinski definition) is 5. The molecule has 2 unspecified atom stereocenters. The highest BCUT2D eigenvalue weighted by molar-refractivity contribution is 8.00. The van der Waals surface area contributed by atoms with E-state index in [0.717, 1.165) is 11.3 Å². The van der Waals surface area contributed by atoms with Gasteiger partial charge in [-0.3, -0.25) is 9.59 Å². The van der Waals surface area contributed by atoms with Crippen molar-refractivity contribution in [2.45, 2.75) is 23.8 Å². The molecule has 2 aliphatic heterocycles. The van der Waals surface area contributed by atoms with Gasteiger partial charge in [-0.15, -0.1) is 11.8 Å². The SMILES string of the molecule is O=C(O)[C@H]1NCCC1N1CCSC(c2ccc(Oc3ccccc3Cl)cc2)C1=O. The molecule has 152 valence electrons. The average molecular weight is 433 g/mol. The Morgan fingerprint density at radius 2 is 1.97 bits per heavy atom. The lowest BCUT2D eigenvalue weighted by atomic mass is 10.0. The highest BCUT2D eigenvalue weighted by atomic mass is 35.5. The van der Waals surface area contributed by atoms with Crippen LogP contribution in [0, 0.1) is 0 Å². The Hall–Kier alpha value is -2.22. The van der Waals surface area contributed by atoms with Gasteiger partial charge in [0.1, 0.15) is 22.8 Å². The molecule has 0 spiro atoms. The van der Waals surface area contributed by atoms with Gasteiger partial charge in [-0.05, 0) is 42.8 Å². The summed E-state index contributed by atoms with van der Waals surface area (Å²) in [7, 11) is 0. The predicted molar refractivity (Wildman–Crippen MR) is 113 cm³/mol. The number of benzene rings is 2. The summed E-state index contributed by atoms with van der Waals surface area (Å²) in [6, 6.07) is 13.7. The second kappa shape index (κ2) is 8.65. The lowest BCUT2D eigenvalue weighted by Crippen LogP contribution is -2.53. The van der Waals surface area contributed by atoms with Crippen LogP contribution in [0.5, 0.6) is 11.5 Å². The van der Waals surface area contributed by atoms with Crippen molar-refractivity contribution in [1.29, 1.82) is 0 Å². The van der Waals surface area contributed by atoms with Gasteiger partial charge in [-0.25, -0.2) is 0 Å². The molecule has 0 aromatic heterocycles. The first kappa shape index (κ1) is 20.1. The Bertz CT molecular complexity index is 908. The van der Waals surface area contributed by atoms with Gasteiger partial charge in [-0.1, -0.05) is 35.9 Å². The number of hydrogen-bond donors (Lipinski definition) is 2. The fourth-order valence-electron chi connectivity index (χ4n) is 3.81. The minimum absolute atomic E-state index is 0.0269. The summed E-state index contributed by atoms with van der Waals surface area (Å²) in [6.45, 7) is 1.18. The zero-order chi connectivity index (χ0) is 20.4. The summed E-state index contributed by atoms with van der Waals surface area (Å²) in [5.74, 6) is 1.05. The number of ether oxygens (including phenoxy) is 1. The van der Waals surface area contributed by atoms with E-state index in [1.54, 1.807) is 28.8 Å². The highest BCUT2D eigenvalue weighted by Crippen LogP contribution is 2.37. The normalized spacial score (nSPS) is 24.5. The number of amides is 1. The number of carboxylic acid groups (broad SMARTS) is 1. The Balaban J connectivity index is 1.48. The summed E-state index contributed by atoms with van der Waals surface area (Å²) < 4.78 is 5.81. The molecule has 2 aliphatic rings. The highest BCUT2D eigenvalue weighted by Gasteiger charge is 2.42. The fourth-order valence-corrected chi connectivity index (χ4v) is 5.15. The first-order valence-corrected chi connectivity index (χ1v) is 10.9. The van der Waals surface area contributed by atoms with Crippen molar-refractivity contribution < 1.29 is 19.4 Å². The Morgan fingerprint density at radius 1 is 1.21 bits per heavy atom. The summed E-state index contributed by atoms with van der Waals surface area (Å²) >= 11 is 7.72. The molecule has 0 radical (unpaired) electrons. The third-order valence-electron chi connectivity index (χ3n) is 5.23. The summed E-state index contributed by atoms with van der Waals surface area (Å²) in [5, 5.41) is 12.6. The average Bonchev–Trinajstić information content (AvgIpc) is 3.21. The maximum Gasteiger partial charge on any atom is 0.322 e. The number of nitrogens with zero attached hydrogens (tertiary/aromatic N) is 1. The topological polar surface area (TPSA) is 78.9 Å². The maximum atomic E-state index is 13.1. The number of nitrogens with one attached hydrogen (secondary N) is 1. The largest absolute Gasteiger partial charge is 0.480 e. The first-order chi connectivity index (χ1) is 14.0. The third-order valence-corrected chi connectivity index (χ3v) is 6.76. The third kappa shape index (κ3) is 4.22. The number of halogens is 1. The Kier molecular flexibility index (Phi) is 5.99. The van der Waals surface area contributed by atoms with E-state index in [0.29, 0.717) is 36.0 Å². The van der Waals surface area contributed by atoms with E-state index in [1.165, 1.54) is 0 Å². The van der Waals surface area contributed by atoms with Crippen molar-refractivity contribution in [3.05, 3.63) is 59.1 Å².